The molecule has 4 aliphatic heterocycles. The van der Waals surface area contributed by atoms with Crippen molar-refractivity contribution < 1.29 is 37.5 Å². The van der Waals surface area contributed by atoms with E-state index in [0.717, 1.165) is 75.5 Å². The smallest absolute Gasteiger partial charge is 0.297 e. The minimum atomic E-state index is -4.72. The first-order valence-corrected chi connectivity index (χ1v) is 28.2. The summed E-state index contributed by atoms with van der Waals surface area (Å²) in [5.41, 5.74) is 3.42. The van der Waals surface area contributed by atoms with Gasteiger partial charge in [-0.3, -0.25) is 19.8 Å². The summed E-state index contributed by atoms with van der Waals surface area (Å²) < 4.78 is 50.0. The van der Waals surface area contributed by atoms with Crippen LogP contribution in [0, 0.1) is 21.4 Å². The first-order valence-electron chi connectivity index (χ1n) is 26.8. The van der Waals surface area contributed by atoms with Gasteiger partial charge >= 0.3 is 0 Å². The summed E-state index contributed by atoms with van der Waals surface area (Å²) in [6.07, 6.45) is 12.7. The van der Waals surface area contributed by atoms with Crippen LogP contribution >= 0.6 is 0 Å². The van der Waals surface area contributed by atoms with Gasteiger partial charge in [0.25, 0.3) is 27.5 Å². The lowest BCUT2D eigenvalue weighted by Crippen LogP contribution is -2.54. The second-order valence-electron chi connectivity index (χ2n) is 22.7. The van der Waals surface area contributed by atoms with Crippen LogP contribution in [0.4, 0.5) is 17.1 Å². The number of fused-ring (bicyclic) bond motifs is 2. The topological polar surface area (TPSA) is 205 Å². The van der Waals surface area contributed by atoms with Crippen LogP contribution in [0.5, 0.6) is 23.1 Å². The molecule has 3 aromatic carbocycles. The van der Waals surface area contributed by atoms with Gasteiger partial charge in [-0.05, 0) is 150 Å². The standard InChI is InChI=1S/C56H70N8O9S/c1-35(2)42-8-5-6-9-43(42)46-10-7-23-63(46)39-32-56(33-39)20-26-62(27-21-56)38-11-12-44(48(29-38)73-50-28-37-15-22-57-52(37)59-54(50)72-40-16-24-61(4)25-17-40)53(65)60-74(69,70)41-30-47(64(67)68)51-49(31-41)71-34-45(58-51)36-13-18-55(3,66)19-14-36/h5-6,8-9,11-12,15,22,28-31,35-36,39-40,45-46,58,66H,7,10,13-14,16-21,23-27,32-34H2,1-4H3,(H,57,59)(H,60,65)/t36?,45-,46-,55?/m1/s1. The van der Waals surface area contributed by atoms with E-state index in [1.807, 2.05) is 19.1 Å². The Balaban J connectivity index is 0.847. The number of nitrogens with zero attached hydrogens (tertiary/aromatic N) is 5. The SMILES string of the molecule is CC(C)c1ccccc1[C@H]1CCCN1C1CC2(CCN(c3ccc(C(=O)NS(=O)(=O)c4cc5c(c([N+](=O)[O-])c4)N[C@@H](C4CCC(C)(O)CC4)CO5)c(Oc4cc5cc[nH]c5nc4OC4CCN(C)CC4)c3)CC2)C1. The minimum Gasteiger partial charge on any atom is -0.489 e. The lowest BCUT2D eigenvalue weighted by atomic mass is 9.59. The Morgan fingerprint density at radius 3 is 2.45 bits per heavy atom. The number of hydrogen-bond acceptors (Lipinski definition) is 14. The lowest BCUT2D eigenvalue weighted by Gasteiger charge is -2.56. The number of hydrogen-bond donors (Lipinski definition) is 4. The Kier molecular flexibility index (Phi) is 13.5. The first kappa shape index (κ1) is 50.2. The molecule has 11 rings (SSSR count). The number of benzene rings is 3. The van der Waals surface area contributed by atoms with E-state index in [2.05, 4.69) is 74.9 Å². The lowest BCUT2D eigenvalue weighted by molar-refractivity contribution is -0.384. The summed E-state index contributed by atoms with van der Waals surface area (Å²) >= 11 is 0. The Morgan fingerprint density at radius 2 is 1.70 bits per heavy atom. The number of aromatic amines is 1. The second-order valence-corrected chi connectivity index (χ2v) is 24.4. The fraction of sp³-hybridized carbons (Fsp3) is 0.536. The predicted molar refractivity (Wildman–Crippen MR) is 283 cm³/mol. The molecule has 1 amide bonds. The molecule has 3 saturated heterocycles. The molecule has 6 heterocycles. The number of likely N-dealkylation sites (tertiary alicyclic amines) is 2. The van der Waals surface area contributed by atoms with Crippen molar-refractivity contribution in [2.45, 2.75) is 138 Å². The predicted octanol–water partition coefficient (Wildman–Crippen LogP) is 9.68. The highest BCUT2D eigenvalue weighted by molar-refractivity contribution is 7.90. The van der Waals surface area contributed by atoms with E-state index in [4.69, 9.17) is 19.2 Å². The van der Waals surface area contributed by atoms with Crippen molar-refractivity contribution in [2.24, 2.45) is 11.3 Å². The van der Waals surface area contributed by atoms with Crippen LogP contribution in [-0.2, 0) is 10.0 Å². The Labute approximate surface area is 433 Å². The summed E-state index contributed by atoms with van der Waals surface area (Å²) in [4.78, 5) is 41.2. The monoisotopic (exact) mass is 1030 g/mol. The highest BCUT2D eigenvalue weighted by Gasteiger charge is 2.50. The zero-order chi connectivity index (χ0) is 51.5. The van der Waals surface area contributed by atoms with Gasteiger partial charge in [-0.1, -0.05) is 38.1 Å². The highest BCUT2D eigenvalue weighted by atomic mass is 32.2. The maximum Gasteiger partial charge on any atom is 0.297 e. The summed E-state index contributed by atoms with van der Waals surface area (Å²) in [5.74, 6) is 0.212. The number of H-pyrrole nitrogens is 1. The number of nitro groups is 1. The largest absolute Gasteiger partial charge is 0.489 e. The van der Waals surface area contributed by atoms with Gasteiger partial charge < -0.3 is 39.4 Å². The molecule has 5 aromatic rings. The van der Waals surface area contributed by atoms with E-state index >= 15 is 0 Å². The summed E-state index contributed by atoms with van der Waals surface area (Å²) in [7, 11) is -2.64. The molecule has 2 atom stereocenters. The molecular weight excluding hydrogens is 961 g/mol. The van der Waals surface area contributed by atoms with Crippen molar-refractivity contribution in [3.05, 3.63) is 99.7 Å². The summed E-state index contributed by atoms with van der Waals surface area (Å²) in [5, 5.41) is 27.1. The molecule has 1 spiro atoms. The van der Waals surface area contributed by atoms with Crippen molar-refractivity contribution in [3.63, 3.8) is 0 Å². The molecule has 0 radical (unpaired) electrons. The van der Waals surface area contributed by atoms with Crippen LogP contribution in [0.1, 0.15) is 131 Å². The van der Waals surface area contributed by atoms with E-state index in [-0.39, 0.29) is 64.5 Å². The Hall–Kier alpha value is -5.95. The summed E-state index contributed by atoms with van der Waals surface area (Å²) in [6.45, 7) is 11.0. The molecule has 4 N–H and O–H groups in total. The number of carbonyl (C=O) groups is 1. The Morgan fingerprint density at radius 1 is 0.946 bits per heavy atom. The molecule has 394 valence electrons. The average Bonchev–Trinajstić information content (AvgIpc) is 4.06. The van der Waals surface area contributed by atoms with Gasteiger partial charge in [-0.15, -0.1) is 0 Å². The van der Waals surface area contributed by atoms with Gasteiger partial charge in [0.05, 0.1) is 27.0 Å². The van der Waals surface area contributed by atoms with Crippen LogP contribution in [0.15, 0.2) is 77.8 Å². The molecule has 2 aromatic heterocycles. The number of ether oxygens (including phenoxy) is 3. The van der Waals surface area contributed by atoms with Crippen molar-refractivity contribution >= 4 is 44.0 Å². The number of aromatic nitrogens is 2. The molecule has 2 saturated carbocycles. The normalized spacial score (nSPS) is 24.8. The molecule has 2 aliphatic carbocycles. The van der Waals surface area contributed by atoms with E-state index in [1.165, 1.54) is 42.9 Å². The van der Waals surface area contributed by atoms with E-state index in [0.29, 0.717) is 49.3 Å². The third kappa shape index (κ3) is 10.1. The van der Waals surface area contributed by atoms with E-state index < -0.39 is 37.0 Å². The number of amides is 1. The number of nitrogens with one attached hydrogen (secondary N) is 3. The number of anilines is 2. The minimum absolute atomic E-state index is 0.00219. The number of nitro benzene ring substituents is 1. The van der Waals surface area contributed by atoms with Crippen LogP contribution in [0.2, 0.25) is 0 Å². The van der Waals surface area contributed by atoms with Crippen LogP contribution in [0.25, 0.3) is 11.0 Å². The van der Waals surface area contributed by atoms with E-state index in [1.54, 1.807) is 24.4 Å². The quantitative estimate of drug-likeness (QED) is 0.0641. The molecule has 74 heavy (non-hydrogen) atoms. The molecular formula is C56H70N8O9S. The number of aliphatic hydroxyl groups is 1. The molecule has 18 heteroatoms. The van der Waals surface area contributed by atoms with Gasteiger partial charge in [0.2, 0.25) is 0 Å². The number of sulfonamides is 1. The van der Waals surface area contributed by atoms with Crippen molar-refractivity contribution in [1.82, 2.24) is 24.5 Å². The van der Waals surface area contributed by atoms with Crippen LogP contribution in [-0.4, -0.2) is 114 Å². The van der Waals surface area contributed by atoms with Crippen LogP contribution < -0.4 is 29.1 Å². The van der Waals surface area contributed by atoms with Crippen molar-refractivity contribution in [3.8, 4) is 23.1 Å². The van der Waals surface area contributed by atoms with Gasteiger partial charge in [-0.2, -0.15) is 4.98 Å². The summed E-state index contributed by atoms with van der Waals surface area (Å²) in [6, 6.07) is 20.8. The maximum atomic E-state index is 14.5. The van der Waals surface area contributed by atoms with Crippen molar-refractivity contribution in [2.75, 3.05) is 56.6 Å². The van der Waals surface area contributed by atoms with Crippen LogP contribution in [0.3, 0.4) is 0 Å². The maximum absolute atomic E-state index is 14.5. The number of pyridine rings is 1. The number of piperidine rings is 2. The van der Waals surface area contributed by atoms with E-state index in [9.17, 15) is 28.4 Å². The molecule has 0 unspecified atom stereocenters. The fourth-order valence-electron chi connectivity index (χ4n) is 12.9. The Bertz CT molecular complexity index is 3020. The van der Waals surface area contributed by atoms with Gasteiger partial charge in [0, 0.05) is 73.7 Å². The number of rotatable bonds is 13. The van der Waals surface area contributed by atoms with Crippen molar-refractivity contribution in [1.29, 1.82) is 0 Å². The highest BCUT2D eigenvalue weighted by Crippen LogP contribution is 2.55. The zero-order valence-electron chi connectivity index (χ0n) is 43.0. The molecule has 5 fully saturated rings. The van der Waals surface area contributed by atoms with Gasteiger partial charge in [0.15, 0.2) is 17.2 Å². The van der Waals surface area contributed by atoms with Gasteiger partial charge in [-0.25, -0.2) is 13.1 Å². The molecule has 0 bridgehead atoms. The third-order valence-corrected chi connectivity index (χ3v) is 18.6. The van der Waals surface area contributed by atoms with Gasteiger partial charge in [0.1, 0.15) is 24.1 Å². The third-order valence-electron chi connectivity index (χ3n) is 17.3. The molecule has 6 aliphatic rings. The molecule has 17 nitrogen and oxygen atoms in total. The first-order chi connectivity index (χ1) is 35.5. The zero-order valence-corrected chi connectivity index (χ0v) is 43.8. The fourth-order valence-corrected chi connectivity index (χ4v) is 13.9. The average molecular weight is 1030 g/mol. The number of carbonyl (C=O) groups excluding carboxylic acids is 1. The second kappa shape index (κ2) is 20.0.